The molecule has 0 amide bonds. The molecular formula is C16H17N3O. The van der Waals surface area contributed by atoms with Gasteiger partial charge in [0.1, 0.15) is 11.8 Å². The minimum absolute atomic E-state index is 0.0353. The lowest BCUT2D eigenvalue weighted by molar-refractivity contribution is 0.397. The number of ether oxygens (including phenoxy) is 1. The maximum Gasteiger partial charge on any atom is 0.232 e. The number of nitriles is 1. The van der Waals surface area contributed by atoms with Gasteiger partial charge in [0, 0.05) is 17.3 Å². The zero-order valence-electron chi connectivity index (χ0n) is 12.1. The second-order valence-corrected chi connectivity index (χ2v) is 5.54. The molecule has 1 aromatic carbocycles. The van der Waals surface area contributed by atoms with Crippen molar-refractivity contribution in [1.29, 1.82) is 5.26 Å². The van der Waals surface area contributed by atoms with Gasteiger partial charge in [0.2, 0.25) is 5.82 Å². The van der Waals surface area contributed by atoms with E-state index in [1.807, 2.05) is 18.2 Å². The fraction of sp³-hybridized carbons (Fsp3) is 0.312. The number of methoxy groups -OCH3 is 1. The summed E-state index contributed by atoms with van der Waals surface area (Å²) >= 11 is 0. The highest BCUT2D eigenvalue weighted by Crippen LogP contribution is 2.34. The van der Waals surface area contributed by atoms with E-state index in [-0.39, 0.29) is 11.2 Å². The summed E-state index contributed by atoms with van der Waals surface area (Å²) in [4.78, 5) is 8.12. The van der Waals surface area contributed by atoms with Gasteiger partial charge in [-0.25, -0.2) is 9.97 Å². The van der Waals surface area contributed by atoms with Crippen LogP contribution in [0.1, 0.15) is 32.2 Å². The predicted molar refractivity (Wildman–Crippen MR) is 77.4 cm³/mol. The summed E-state index contributed by atoms with van der Waals surface area (Å²) in [5.74, 6) is 1.03. The number of aromatic nitrogens is 2. The first kappa shape index (κ1) is 14.0. The molecule has 0 radical (unpaired) electrons. The van der Waals surface area contributed by atoms with Crippen LogP contribution in [0.2, 0.25) is 0 Å². The largest absolute Gasteiger partial charge is 0.496 e. The molecule has 2 aromatic rings. The smallest absolute Gasteiger partial charge is 0.232 e. The van der Waals surface area contributed by atoms with Crippen molar-refractivity contribution in [3.8, 4) is 23.1 Å². The summed E-state index contributed by atoms with van der Waals surface area (Å²) in [6.45, 7) is 6.40. The lowest BCUT2D eigenvalue weighted by Crippen LogP contribution is -2.13. The lowest BCUT2D eigenvalue weighted by Gasteiger charge is -2.22. The number of hydrogen-bond donors (Lipinski definition) is 0. The Morgan fingerprint density at radius 2 is 1.95 bits per heavy atom. The van der Waals surface area contributed by atoms with E-state index >= 15 is 0 Å². The normalized spacial score (nSPS) is 10.9. The first-order valence-corrected chi connectivity index (χ1v) is 6.38. The van der Waals surface area contributed by atoms with Crippen molar-refractivity contribution in [3.63, 3.8) is 0 Å². The monoisotopic (exact) mass is 267 g/mol. The molecule has 0 atom stereocenters. The van der Waals surface area contributed by atoms with Gasteiger partial charge in [-0.2, -0.15) is 5.26 Å². The molecule has 0 fully saturated rings. The molecule has 0 saturated heterocycles. The van der Waals surface area contributed by atoms with Gasteiger partial charge >= 0.3 is 0 Å². The van der Waals surface area contributed by atoms with Crippen LogP contribution in [-0.2, 0) is 5.41 Å². The summed E-state index contributed by atoms with van der Waals surface area (Å²) in [7, 11) is 1.67. The minimum Gasteiger partial charge on any atom is -0.496 e. The van der Waals surface area contributed by atoms with Crippen LogP contribution in [0.15, 0.2) is 30.5 Å². The Labute approximate surface area is 119 Å². The third kappa shape index (κ3) is 2.77. The topological polar surface area (TPSA) is 58.8 Å². The van der Waals surface area contributed by atoms with Crippen molar-refractivity contribution in [2.45, 2.75) is 26.2 Å². The molecule has 0 aliphatic carbocycles. The van der Waals surface area contributed by atoms with Gasteiger partial charge in [0.25, 0.3) is 0 Å². The molecule has 4 nitrogen and oxygen atoms in total. The van der Waals surface area contributed by atoms with Crippen molar-refractivity contribution in [2.24, 2.45) is 0 Å². The molecule has 1 aromatic heterocycles. The number of benzene rings is 1. The molecule has 0 unspecified atom stereocenters. The van der Waals surface area contributed by atoms with Crippen LogP contribution in [0, 0.1) is 11.3 Å². The quantitative estimate of drug-likeness (QED) is 0.837. The zero-order valence-corrected chi connectivity index (χ0v) is 12.1. The van der Waals surface area contributed by atoms with E-state index in [9.17, 15) is 0 Å². The Hall–Kier alpha value is -2.41. The maximum absolute atomic E-state index is 8.88. The van der Waals surface area contributed by atoms with E-state index in [1.54, 1.807) is 19.4 Å². The molecule has 0 N–H and O–H groups in total. The fourth-order valence-electron chi connectivity index (χ4n) is 2.03. The van der Waals surface area contributed by atoms with Crippen LogP contribution in [0.5, 0.6) is 5.75 Å². The van der Waals surface area contributed by atoms with Gasteiger partial charge in [0.15, 0.2) is 0 Å². The number of rotatable bonds is 2. The molecular weight excluding hydrogens is 250 g/mol. The van der Waals surface area contributed by atoms with Gasteiger partial charge in [-0.3, -0.25) is 0 Å². The van der Waals surface area contributed by atoms with E-state index < -0.39 is 0 Å². The summed E-state index contributed by atoms with van der Waals surface area (Å²) < 4.78 is 5.42. The van der Waals surface area contributed by atoms with Gasteiger partial charge in [-0.05, 0) is 29.7 Å². The SMILES string of the molecule is COc1ccc(-c2ccnc(C#N)n2)cc1C(C)(C)C. The average molecular weight is 267 g/mol. The Bertz CT molecular complexity index is 666. The molecule has 0 bridgehead atoms. The lowest BCUT2D eigenvalue weighted by atomic mass is 9.85. The molecule has 1 heterocycles. The Morgan fingerprint density at radius 3 is 2.55 bits per heavy atom. The first-order chi connectivity index (χ1) is 9.45. The van der Waals surface area contributed by atoms with Crippen LogP contribution < -0.4 is 4.74 Å². The van der Waals surface area contributed by atoms with Gasteiger partial charge < -0.3 is 4.74 Å². The number of hydrogen-bond acceptors (Lipinski definition) is 4. The highest BCUT2D eigenvalue weighted by Gasteiger charge is 2.19. The van der Waals surface area contributed by atoms with E-state index in [1.165, 1.54) is 0 Å². The van der Waals surface area contributed by atoms with E-state index in [2.05, 4.69) is 36.8 Å². The third-order valence-corrected chi connectivity index (χ3v) is 3.06. The Morgan fingerprint density at radius 1 is 1.20 bits per heavy atom. The summed E-state index contributed by atoms with van der Waals surface area (Å²) in [6.07, 6.45) is 1.60. The fourth-order valence-corrected chi connectivity index (χ4v) is 2.03. The van der Waals surface area contributed by atoms with Gasteiger partial charge in [-0.1, -0.05) is 20.8 Å². The van der Waals surface area contributed by atoms with E-state index in [0.29, 0.717) is 0 Å². The van der Waals surface area contributed by atoms with Crippen LogP contribution in [0.25, 0.3) is 11.3 Å². The van der Waals surface area contributed by atoms with Gasteiger partial charge in [-0.15, -0.1) is 0 Å². The van der Waals surface area contributed by atoms with E-state index in [4.69, 9.17) is 10.00 Å². The van der Waals surface area contributed by atoms with Crippen LogP contribution in [0.3, 0.4) is 0 Å². The summed E-state index contributed by atoms with van der Waals surface area (Å²) in [5.41, 5.74) is 2.76. The highest BCUT2D eigenvalue weighted by atomic mass is 16.5. The first-order valence-electron chi connectivity index (χ1n) is 6.38. The molecule has 102 valence electrons. The zero-order chi connectivity index (χ0) is 14.8. The Balaban J connectivity index is 2.56. The standard InChI is InChI=1S/C16H17N3O/c1-16(2,3)12-9-11(5-6-14(12)20-4)13-7-8-18-15(10-17)19-13/h5-9H,1-4H3. The molecule has 0 spiro atoms. The molecule has 0 aliphatic heterocycles. The number of nitrogens with zero attached hydrogens (tertiary/aromatic N) is 3. The second kappa shape index (κ2) is 5.30. The minimum atomic E-state index is -0.0353. The van der Waals surface area contributed by atoms with Gasteiger partial charge in [0.05, 0.1) is 12.8 Å². The van der Waals surface area contributed by atoms with Crippen LogP contribution >= 0.6 is 0 Å². The van der Waals surface area contributed by atoms with Crippen molar-refractivity contribution >= 4 is 0 Å². The average Bonchev–Trinajstić information content (AvgIpc) is 2.45. The molecule has 20 heavy (non-hydrogen) atoms. The van der Waals surface area contributed by atoms with Crippen molar-refractivity contribution in [3.05, 3.63) is 41.9 Å². The third-order valence-electron chi connectivity index (χ3n) is 3.06. The Kier molecular flexibility index (Phi) is 3.71. The maximum atomic E-state index is 8.88. The van der Waals surface area contributed by atoms with Crippen LogP contribution in [0.4, 0.5) is 0 Å². The summed E-state index contributed by atoms with van der Waals surface area (Å²) in [6, 6.07) is 9.69. The molecule has 0 aliphatic rings. The van der Waals surface area contributed by atoms with Crippen molar-refractivity contribution in [1.82, 2.24) is 9.97 Å². The predicted octanol–water partition coefficient (Wildman–Crippen LogP) is 3.32. The van der Waals surface area contributed by atoms with Crippen molar-refractivity contribution < 1.29 is 4.74 Å². The molecule has 0 saturated carbocycles. The second-order valence-electron chi connectivity index (χ2n) is 5.54. The summed E-state index contributed by atoms with van der Waals surface area (Å²) in [5, 5.41) is 8.88. The van der Waals surface area contributed by atoms with E-state index in [0.717, 1.165) is 22.6 Å². The highest BCUT2D eigenvalue weighted by molar-refractivity contribution is 5.63. The molecule has 4 heteroatoms. The van der Waals surface area contributed by atoms with Crippen LogP contribution in [-0.4, -0.2) is 17.1 Å². The molecule has 2 rings (SSSR count). The van der Waals surface area contributed by atoms with Crippen molar-refractivity contribution in [2.75, 3.05) is 7.11 Å².